The van der Waals surface area contributed by atoms with Crippen LogP contribution in [0.15, 0.2) is 40.9 Å². The molecule has 0 fully saturated rings. The van der Waals surface area contributed by atoms with Crippen LogP contribution in [0, 0.1) is 13.8 Å². The van der Waals surface area contributed by atoms with Gasteiger partial charge in [0.25, 0.3) is 5.91 Å². The number of hydrazine groups is 1. The van der Waals surface area contributed by atoms with Gasteiger partial charge in [0, 0.05) is 10.2 Å². The van der Waals surface area contributed by atoms with Gasteiger partial charge in [-0.1, -0.05) is 39.7 Å². The molecule has 0 unspecified atom stereocenters. The van der Waals surface area contributed by atoms with Crippen LogP contribution < -0.4 is 21.5 Å². The lowest BCUT2D eigenvalue weighted by Crippen LogP contribution is -2.49. The minimum atomic E-state index is -0.427. The predicted molar refractivity (Wildman–Crippen MR) is 118 cm³/mol. The maximum Gasteiger partial charge on any atom is 0.259 e. The normalized spacial score (nSPS) is 10.0. The molecule has 0 aliphatic heterocycles. The van der Waals surface area contributed by atoms with Crippen LogP contribution >= 0.6 is 52.0 Å². The Morgan fingerprint density at radius 2 is 1.77 bits per heavy atom. The van der Waals surface area contributed by atoms with Crippen LogP contribution in [0.4, 0.5) is 5.69 Å². The van der Waals surface area contributed by atoms with Gasteiger partial charge in [-0.25, -0.2) is 0 Å². The van der Waals surface area contributed by atoms with Gasteiger partial charge < -0.3 is 5.32 Å². The molecule has 1 amide bonds. The fourth-order valence-electron chi connectivity index (χ4n) is 2.03. The molecule has 9 heteroatoms. The third-order valence-corrected chi connectivity index (χ3v) is 4.77. The monoisotopic (exact) mass is 470 g/mol. The van der Waals surface area contributed by atoms with Gasteiger partial charge in [0.05, 0.1) is 10.6 Å². The average molecular weight is 472 g/mol. The predicted octanol–water partition coefficient (Wildman–Crippen LogP) is 4.23. The van der Waals surface area contributed by atoms with E-state index in [2.05, 4.69) is 37.4 Å². The summed E-state index contributed by atoms with van der Waals surface area (Å²) in [5.41, 5.74) is 8.84. The van der Waals surface area contributed by atoms with E-state index < -0.39 is 5.91 Å². The highest BCUT2D eigenvalue weighted by molar-refractivity contribution is 9.10. The van der Waals surface area contributed by atoms with Crippen molar-refractivity contribution in [1.82, 2.24) is 16.2 Å². The third kappa shape index (κ3) is 5.63. The minimum absolute atomic E-state index is 0.0659. The van der Waals surface area contributed by atoms with Crippen molar-refractivity contribution in [3.05, 3.63) is 62.6 Å². The number of nitrogens with one attached hydrogen (secondary N) is 4. The SMILES string of the molecule is Cc1cccc(NC(=S)NNC(=S)NC(=O)c2cc(Br)ccc2Cl)c1C. The molecule has 0 spiro atoms. The summed E-state index contributed by atoms with van der Waals surface area (Å²) in [6, 6.07) is 10.9. The molecule has 0 aromatic heterocycles. The zero-order valence-corrected chi connectivity index (χ0v) is 17.9. The lowest BCUT2D eigenvalue weighted by atomic mass is 10.1. The number of benzene rings is 2. The van der Waals surface area contributed by atoms with Crippen molar-refractivity contribution < 1.29 is 4.79 Å². The van der Waals surface area contributed by atoms with Crippen molar-refractivity contribution >= 4 is 73.8 Å². The Kier molecular flexibility index (Phi) is 7.33. The first kappa shape index (κ1) is 20.6. The Morgan fingerprint density at radius 3 is 2.50 bits per heavy atom. The average Bonchev–Trinajstić information content (AvgIpc) is 2.59. The van der Waals surface area contributed by atoms with Crippen LogP contribution in [0.3, 0.4) is 0 Å². The summed E-state index contributed by atoms with van der Waals surface area (Å²) in [7, 11) is 0. The molecule has 0 aliphatic rings. The Morgan fingerprint density at radius 1 is 1.08 bits per heavy atom. The maximum atomic E-state index is 12.2. The quantitative estimate of drug-likeness (QED) is 0.388. The standard InChI is InChI=1S/C17H16BrClN4OS2/c1-9-4-3-5-14(10(9)2)20-16(25)22-23-17(26)21-15(24)12-8-11(18)6-7-13(12)19/h3-8H,1-2H3,(H2,20,22,25)(H2,21,23,24,26). The number of carbonyl (C=O) groups is 1. The number of hydrogen-bond acceptors (Lipinski definition) is 3. The molecular weight excluding hydrogens is 456 g/mol. The summed E-state index contributed by atoms with van der Waals surface area (Å²) in [4.78, 5) is 12.2. The second-order valence-electron chi connectivity index (χ2n) is 5.36. The largest absolute Gasteiger partial charge is 0.331 e. The van der Waals surface area contributed by atoms with Gasteiger partial charge in [0.15, 0.2) is 10.2 Å². The number of halogens is 2. The smallest absolute Gasteiger partial charge is 0.259 e. The van der Waals surface area contributed by atoms with Gasteiger partial charge in [-0.05, 0) is 73.7 Å². The summed E-state index contributed by atoms with van der Waals surface area (Å²) < 4.78 is 0.739. The highest BCUT2D eigenvalue weighted by Gasteiger charge is 2.12. The Balaban J connectivity index is 1.88. The van der Waals surface area contributed by atoms with E-state index in [9.17, 15) is 4.79 Å². The van der Waals surface area contributed by atoms with E-state index in [1.807, 2.05) is 32.0 Å². The highest BCUT2D eigenvalue weighted by atomic mass is 79.9. The van der Waals surface area contributed by atoms with Crippen LogP contribution in [-0.2, 0) is 0 Å². The van der Waals surface area contributed by atoms with E-state index >= 15 is 0 Å². The molecule has 2 aromatic rings. The molecule has 0 radical (unpaired) electrons. The first-order chi connectivity index (χ1) is 12.3. The van der Waals surface area contributed by atoms with Gasteiger partial charge in [0.2, 0.25) is 0 Å². The van der Waals surface area contributed by atoms with Crippen molar-refractivity contribution in [2.75, 3.05) is 5.32 Å². The number of thiocarbonyl (C=S) groups is 2. The van der Waals surface area contributed by atoms with Crippen LogP contribution in [0.2, 0.25) is 5.02 Å². The van der Waals surface area contributed by atoms with Crippen molar-refractivity contribution in [1.29, 1.82) is 0 Å². The molecular formula is C17H16BrClN4OS2. The van der Waals surface area contributed by atoms with Crippen LogP contribution in [0.5, 0.6) is 0 Å². The number of aryl methyl sites for hydroxylation is 1. The topological polar surface area (TPSA) is 65.2 Å². The summed E-state index contributed by atoms with van der Waals surface area (Å²) in [5, 5.41) is 6.31. The molecule has 0 bridgehead atoms. The molecule has 136 valence electrons. The van der Waals surface area contributed by atoms with Gasteiger partial charge in [0.1, 0.15) is 0 Å². The number of hydrogen-bond donors (Lipinski definition) is 4. The van der Waals surface area contributed by atoms with Gasteiger partial charge in [-0.15, -0.1) is 0 Å². The maximum absolute atomic E-state index is 12.2. The molecule has 5 nitrogen and oxygen atoms in total. The van der Waals surface area contributed by atoms with Crippen LogP contribution in [-0.4, -0.2) is 16.1 Å². The van der Waals surface area contributed by atoms with Crippen molar-refractivity contribution in [2.24, 2.45) is 0 Å². The Hall–Kier alpha value is -1.74. The third-order valence-electron chi connectivity index (χ3n) is 3.54. The second kappa shape index (κ2) is 9.27. The van der Waals surface area contributed by atoms with Gasteiger partial charge in [-0.3, -0.25) is 21.0 Å². The van der Waals surface area contributed by atoms with E-state index in [1.54, 1.807) is 18.2 Å². The minimum Gasteiger partial charge on any atom is -0.331 e. The molecule has 2 aromatic carbocycles. The Bertz CT molecular complexity index is 876. The summed E-state index contributed by atoms with van der Waals surface area (Å²) >= 11 is 19.6. The second-order valence-corrected chi connectivity index (χ2v) is 7.50. The van der Waals surface area contributed by atoms with Crippen molar-refractivity contribution in [2.45, 2.75) is 13.8 Å². The molecule has 0 saturated heterocycles. The first-order valence-electron chi connectivity index (χ1n) is 7.47. The van der Waals surface area contributed by atoms with E-state index in [0.717, 1.165) is 21.3 Å². The number of amides is 1. The number of carbonyl (C=O) groups excluding carboxylic acids is 1. The highest BCUT2D eigenvalue weighted by Crippen LogP contribution is 2.21. The zero-order chi connectivity index (χ0) is 19.3. The molecule has 2 rings (SSSR count). The van der Waals surface area contributed by atoms with Crippen LogP contribution in [0.25, 0.3) is 0 Å². The van der Waals surface area contributed by atoms with E-state index in [4.69, 9.17) is 36.0 Å². The molecule has 0 heterocycles. The fraction of sp³-hybridized carbons (Fsp3) is 0.118. The summed E-state index contributed by atoms with van der Waals surface area (Å²) in [5.74, 6) is -0.427. The van der Waals surface area contributed by atoms with E-state index in [-0.39, 0.29) is 5.11 Å². The molecule has 4 N–H and O–H groups in total. The fourth-order valence-corrected chi connectivity index (χ4v) is 2.90. The number of anilines is 1. The number of rotatable bonds is 2. The van der Waals surface area contributed by atoms with Gasteiger partial charge >= 0.3 is 0 Å². The zero-order valence-electron chi connectivity index (χ0n) is 13.9. The molecule has 0 saturated carbocycles. The molecule has 26 heavy (non-hydrogen) atoms. The molecule has 0 atom stereocenters. The molecule has 0 aliphatic carbocycles. The summed E-state index contributed by atoms with van der Waals surface area (Å²) in [6.45, 7) is 4.02. The lowest BCUT2D eigenvalue weighted by molar-refractivity contribution is 0.0976. The van der Waals surface area contributed by atoms with E-state index in [1.165, 1.54) is 0 Å². The van der Waals surface area contributed by atoms with Gasteiger partial charge in [-0.2, -0.15) is 0 Å². The van der Waals surface area contributed by atoms with E-state index in [0.29, 0.717) is 15.7 Å². The lowest BCUT2D eigenvalue weighted by Gasteiger charge is -2.15. The summed E-state index contributed by atoms with van der Waals surface area (Å²) in [6.07, 6.45) is 0. The Labute approximate surface area is 176 Å². The van der Waals surface area contributed by atoms with Crippen molar-refractivity contribution in [3.63, 3.8) is 0 Å². The van der Waals surface area contributed by atoms with Crippen molar-refractivity contribution in [3.8, 4) is 0 Å². The van der Waals surface area contributed by atoms with Crippen LogP contribution in [0.1, 0.15) is 21.5 Å². The first-order valence-corrected chi connectivity index (χ1v) is 9.46.